The van der Waals surface area contributed by atoms with Gasteiger partial charge in [0.15, 0.2) is 12.2 Å². The van der Waals surface area contributed by atoms with E-state index in [-0.39, 0.29) is 24.2 Å². The van der Waals surface area contributed by atoms with Crippen LogP contribution in [0.15, 0.2) is 24.3 Å². The van der Waals surface area contributed by atoms with Gasteiger partial charge in [0.2, 0.25) is 5.91 Å². The number of rotatable bonds is 8. The van der Waals surface area contributed by atoms with E-state index in [0.29, 0.717) is 0 Å². The number of carbonyl (C=O) groups is 3. The van der Waals surface area contributed by atoms with Crippen LogP contribution in [0.5, 0.6) is 5.75 Å². The molecule has 2 N–H and O–H groups in total. The van der Waals surface area contributed by atoms with Crippen molar-refractivity contribution in [3.8, 4) is 5.75 Å². The maximum absolute atomic E-state index is 12.9. The fourth-order valence-corrected chi connectivity index (χ4v) is 1.75. The van der Waals surface area contributed by atoms with Crippen molar-refractivity contribution in [3.05, 3.63) is 30.1 Å². The Balaban J connectivity index is 2.42. The van der Waals surface area contributed by atoms with Crippen molar-refractivity contribution in [2.45, 2.75) is 39.3 Å². The fourth-order valence-electron chi connectivity index (χ4n) is 1.75. The minimum absolute atomic E-state index is 0.0355. The van der Waals surface area contributed by atoms with Gasteiger partial charge in [-0.15, -0.1) is 0 Å². The summed E-state index contributed by atoms with van der Waals surface area (Å²) in [6.07, 6.45) is 0. The highest BCUT2D eigenvalue weighted by Gasteiger charge is 2.32. The predicted molar refractivity (Wildman–Crippen MR) is 88.4 cm³/mol. The van der Waals surface area contributed by atoms with Gasteiger partial charge >= 0.3 is 5.97 Å². The Bertz CT molecular complexity index is 614. The number of nitrogens with one attached hydrogen (secondary N) is 2. The second kappa shape index (κ2) is 9.00. The summed E-state index contributed by atoms with van der Waals surface area (Å²) in [6, 6.07) is 5.12. The molecule has 0 saturated heterocycles. The molecule has 7 nitrogen and oxygen atoms in total. The zero-order chi connectivity index (χ0) is 19.0. The molecule has 1 aromatic rings. The lowest BCUT2D eigenvalue weighted by atomic mass is 10.1. The summed E-state index contributed by atoms with van der Waals surface area (Å²) in [5, 5.41) is 4.95. The highest BCUT2D eigenvalue weighted by Crippen LogP contribution is 2.19. The van der Waals surface area contributed by atoms with Crippen molar-refractivity contribution < 1.29 is 28.2 Å². The van der Waals surface area contributed by atoms with Gasteiger partial charge in [-0.1, -0.05) is 0 Å². The fraction of sp³-hybridized carbons (Fsp3) is 0.471. The smallest absolute Gasteiger partial charge is 0.350 e. The minimum atomic E-state index is -1.37. The normalized spacial score (nSPS) is 11.0. The zero-order valence-corrected chi connectivity index (χ0v) is 14.7. The van der Waals surface area contributed by atoms with E-state index in [9.17, 15) is 18.8 Å². The first-order valence-electron chi connectivity index (χ1n) is 7.78. The maximum Gasteiger partial charge on any atom is 0.350 e. The van der Waals surface area contributed by atoms with Crippen LogP contribution in [0.2, 0.25) is 0 Å². The van der Waals surface area contributed by atoms with Crippen molar-refractivity contribution in [1.82, 2.24) is 10.6 Å². The molecule has 0 heterocycles. The number of benzene rings is 1. The summed E-state index contributed by atoms with van der Waals surface area (Å²) in [6.45, 7) is 5.78. The molecule has 1 aromatic carbocycles. The molecule has 0 aromatic heterocycles. The third-order valence-electron chi connectivity index (χ3n) is 2.91. The molecule has 0 unspecified atom stereocenters. The van der Waals surface area contributed by atoms with Crippen molar-refractivity contribution in [2.24, 2.45) is 0 Å². The van der Waals surface area contributed by atoms with Gasteiger partial charge in [-0.3, -0.25) is 9.59 Å². The largest absolute Gasteiger partial charge is 0.476 e. The predicted octanol–water partition coefficient (Wildman–Crippen LogP) is 1.17. The molecule has 0 saturated carbocycles. The summed E-state index contributed by atoms with van der Waals surface area (Å²) >= 11 is 0. The Morgan fingerprint density at radius 3 is 2.28 bits per heavy atom. The molecule has 138 valence electrons. The number of halogens is 1. The second-order valence-corrected chi connectivity index (χ2v) is 6.14. The summed E-state index contributed by atoms with van der Waals surface area (Å²) in [4.78, 5) is 35.1. The first kappa shape index (κ1) is 20.4. The van der Waals surface area contributed by atoms with E-state index in [1.54, 1.807) is 13.8 Å². The van der Waals surface area contributed by atoms with Crippen LogP contribution in [0.1, 0.15) is 27.7 Å². The van der Waals surface area contributed by atoms with Crippen LogP contribution in [-0.4, -0.2) is 42.6 Å². The molecular formula is C17H23FN2O5. The standard InChI is InChI=1S/C17H23FN2O5/c1-11(2)20-14(21)9-19-15(22)10-24-16(23)17(3,4)25-13-7-5-12(18)6-8-13/h5-8,11H,9-10H2,1-4H3,(H,19,22)(H,20,21). The lowest BCUT2D eigenvalue weighted by Gasteiger charge is -2.24. The average molecular weight is 354 g/mol. The molecule has 1 rings (SSSR count). The SMILES string of the molecule is CC(C)NC(=O)CNC(=O)COC(=O)C(C)(C)Oc1ccc(F)cc1. The van der Waals surface area contributed by atoms with Crippen LogP contribution in [0, 0.1) is 5.82 Å². The van der Waals surface area contributed by atoms with Gasteiger partial charge in [-0.2, -0.15) is 0 Å². The quantitative estimate of drug-likeness (QED) is 0.684. The van der Waals surface area contributed by atoms with E-state index in [1.807, 2.05) is 0 Å². The minimum Gasteiger partial charge on any atom is -0.476 e. The molecule has 25 heavy (non-hydrogen) atoms. The Kier molecular flexibility index (Phi) is 7.35. The van der Waals surface area contributed by atoms with Crippen LogP contribution in [-0.2, 0) is 19.1 Å². The maximum atomic E-state index is 12.9. The van der Waals surface area contributed by atoms with Crippen LogP contribution >= 0.6 is 0 Å². The van der Waals surface area contributed by atoms with Gasteiger partial charge in [0.05, 0.1) is 6.54 Å². The molecule has 0 aliphatic carbocycles. The highest BCUT2D eigenvalue weighted by atomic mass is 19.1. The number of hydrogen-bond donors (Lipinski definition) is 2. The van der Waals surface area contributed by atoms with Crippen LogP contribution in [0.4, 0.5) is 4.39 Å². The van der Waals surface area contributed by atoms with Crippen molar-refractivity contribution in [2.75, 3.05) is 13.2 Å². The second-order valence-electron chi connectivity index (χ2n) is 6.14. The first-order valence-corrected chi connectivity index (χ1v) is 7.78. The zero-order valence-electron chi connectivity index (χ0n) is 14.7. The molecule has 2 amide bonds. The number of amides is 2. The summed E-state index contributed by atoms with van der Waals surface area (Å²) in [5.74, 6) is -1.85. The van der Waals surface area contributed by atoms with E-state index in [4.69, 9.17) is 9.47 Å². The topological polar surface area (TPSA) is 93.7 Å². The third kappa shape index (κ3) is 7.65. The summed E-state index contributed by atoms with van der Waals surface area (Å²) in [5.41, 5.74) is -1.37. The van der Waals surface area contributed by atoms with E-state index in [0.717, 1.165) is 0 Å². The van der Waals surface area contributed by atoms with Gasteiger partial charge in [-0.25, -0.2) is 9.18 Å². The Hall–Kier alpha value is -2.64. The molecule has 0 aliphatic rings. The summed E-state index contributed by atoms with van der Waals surface area (Å²) in [7, 11) is 0. The molecule has 8 heteroatoms. The van der Waals surface area contributed by atoms with E-state index in [2.05, 4.69) is 10.6 Å². The Labute approximate surface area is 145 Å². The molecule has 0 fully saturated rings. The van der Waals surface area contributed by atoms with Gasteiger partial charge in [-0.05, 0) is 52.0 Å². The van der Waals surface area contributed by atoms with Crippen LogP contribution in [0.3, 0.4) is 0 Å². The molecule has 0 spiro atoms. The Morgan fingerprint density at radius 1 is 1.12 bits per heavy atom. The average Bonchev–Trinajstić information content (AvgIpc) is 2.52. The van der Waals surface area contributed by atoms with Crippen LogP contribution < -0.4 is 15.4 Å². The van der Waals surface area contributed by atoms with Crippen LogP contribution in [0.25, 0.3) is 0 Å². The number of carbonyl (C=O) groups excluding carboxylic acids is 3. The number of hydrogen-bond acceptors (Lipinski definition) is 5. The Morgan fingerprint density at radius 2 is 1.72 bits per heavy atom. The van der Waals surface area contributed by atoms with E-state index in [1.165, 1.54) is 38.1 Å². The monoisotopic (exact) mass is 354 g/mol. The lowest BCUT2D eigenvalue weighted by molar-refractivity contribution is -0.162. The van der Waals surface area contributed by atoms with Gasteiger partial charge in [0.1, 0.15) is 11.6 Å². The number of esters is 1. The van der Waals surface area contributed by atoms with E-state index >= 15 is 0 Å². The molecule has 0 aliphatic heterocycles. The lowest BCUT2D eigenvalue weighted by Crippen LogP contribution is -2.43. The van der Waals surface area contributed by atoms with Gasteiger partial charge in [0, 0.05) is 6.04 Å². The third-order valence-corrected chi connectivity index (χ3v) is 2.91. The molecule has 0 radical (unpaired) electrons. The summed E-state index contributed by atoms with van der Waals surface area (Å²) < 4.78 is 23.2. The van der Waals surface area contributed by atoms with Gasteiger partial charge < -0.3 is 20.1 Å². The number of ether oxygens (including phenoxy) is 2. The molecule has 0 atom stereocenters. The first-order chi connectivity index (χ1) is 11.6. The highest BCUT2D eigenvalue weighted by molar-refractivity contribution is 5.87. The van der Waals surface area contributed by atoms with Crippen molar-refractivity contribution in [3.63, 3.8) is 0 Å². The van der Waals surface area contributed by atoms with E-state index < -0.39 is 29.9 Å². The van der Waals surface area contributed by atoms with Gasteiger partial charge in [0.25, 0.3) is 5.91 Å². The molecule has 0 bridgehead atoms. The molecular weight excluding hydrogens is 331 g/mol. The van der Waals surface area contributed by atoms with Crippen molar-refractivity contribution in [1.29, 1.82) is 0 Å². The van der Waals surface area contributed by atoms with Crippen molar-refractivity contribution >= 4 is 17.8 Å².